The maximum Gasteiger partial charge on any atom is 0.141 e. The molecule has 0 aliphatic rings. The van der Waals surface area contributed by atoms with Crippen LogP contribution in [0.25, 0.3) is 22.4 Å². The molecule has 0 aliphatic carbocycles. The van der Waals surface area contributed by atoms with Gasteiger partial charge < -0.3 is 9.30 Å². The molecule has 0 N–H and O–H groups in total. The Morgan fingerprint density at radius 3 is 2.46 bits per heavy atom. The molecule has 0 spiro atoms. The first kappa shape index (κ1) is 17.0. The SMILES string of the molecule is COc1ccc2nc(-c3ccc(Cl)c(Cl)c3)n(Cc3ccccc3)c2c1. The first-order valence-electron chi connectivity index (χ1n) is 8.19. The van der Waals surface area contributed by atoms with Gasteiger partial charge >= 0.3 is 0 Å². The Bertz CT molecular complexity index is 1070. The highest BCUT2D eigenvalue weighted by atomic mass is 35.5. The number of ether oxygens (including phenoxy) is 1. The number of fused-ring (bicyclic) bond motifs is 1. The summed E-state index contributed by atoms with van der Waals surface area (Å²) < 4.78 is 7.57. The standard InChI is InChI=1S/C21H16Cl2N2O/c1-26-16-8-10-19-20(12-16)25(13-14-5-3-2-4-6-14)21(24-19)15-7-9-17(22)18(23)11-15/h2-12H,13H2,1H3. The van der Waals surface area contributed by atoms with Crippen molar-refractivity contribution in [3.63, 3.8) is 0 Å². The Morgan fingerprint density at radius 2 is 1.73 bits per heavy atom. The Hall–Kier alpha value is -2.49. The molecule has 3 nitrogen and oxygen atoms in total. The van der Waals surface area contributed by atoms with Gasteiger partial charge in [-0.1, -0.05) is 53.5 Å². The third-order valence-electron chi connectivity index (χ3n) is 4.32. The largest absolute Gasteiger partial charge is 0.497 e. The number of benzene rings is 3. The average molecular weight is 383 g/mol. The summed E-state index contributed by atoms with van der Waals surface area (Å²) in [6, 6.07) is 21.8. The lowest BCUT2D eigenvalue weighted by atomic mass is 10.2. The normalized spacial score (nSPS) is 11.0. The van der Waals surface area contributed by atoms with E-state index in [1.54, 1.807) is 13.2 Å². The van der Waals surface area contributed by atoms with E-state index < -0.39 is 0 Å². The molecule has 26 heavy (non-hydrogen) atoms. The van der Waals surface area contributed by atoms with Crippen molar-refractivity contribution in [2.24, 2.45) is 0 Å². The third kappa shape index (κ3) is 3.16. The number of hydrogen-bond donors (Lipinski definition) is 0. The lowest BCUT2D eigenvalue weighted by molar-refractivity contribution is 0.415. The topological polar surface area (TPSA) is 27.1 Å². The average Bonchev–Trinajstić information content (AvgIpc) is 3.02. The molecule has 4 rings (SSSR count). The molecule has 4 aromatic rings. The van der Waals surface area contributed by atoms with Crippen LogP contribution in [0.3, 0.4) is 0 Å². The Labute approximate surface area is 161 Å². The number of halogens is 2. The number of imidazole rings is 1. The van der Waals surface area contributed by atoms with E-state index >= 15 is 0 Å². The zero-order valence-electron chi connectivity index (χ0n) is 14.1. The second kappa shape index (κ2) is 7.02. The van der Waals surface area contributed by atoms with Gasteiger partial charge in [0.2, 0.25) is 0 Å². The molecule has 1 heterocycles. The van der Waals surface area contributed by atoms with Gasteiger partial charge in [0.05, 0.1) is 28.2 Å². The van der Waals surface area contributed by atoms with Crippen LogP contribution in [-0.2, 0) is 6.54 Å². The van der Waals surface area contributed by atoms with Gasteiger partial charge in [0.1, 0.15) is 11.6 Å². The van der Waals surface area contributed by atoms with Crippen LogP contribution >= 0.6 is 23.2 Å². The van der Waals surface area contributed by atoms with Crippen LogP contribution in [0.1, 0.15) is 5.56 Å². The fourth-order valence-corrected chi connectivity index (χ4v) is 3.31. The summed E-state index contributed by atoms with van der Waals surface area (Å²) in [7, 11) is 1.67. The predicted molar refractivity (Wildman–Crippen MR) is 107 cm³/mol. The summed E-state index contributed by atoms with van der Waals surface area (Å²) >= 11 is 12.3. The van der Waals surface area contributed by atoms with Crippen molar-refractivity contribution in [2.45, 2.75) is 6.54 Å². The summed E-state index contributed by atoms with van der Waals surface area (Å²) in [4.78, 5) is 4.83. The zero-order valence-corrected chi connectivity index (χ0v) is 15.6. The van der Waals surface area contributed by atoms with E-state index in [2.05, 4.69) is 16.7 Å². The molecule has 0 fully saturated rings. The molecule has 0 unspecified atom stereocenters. The zero-order chi connectivity index (χ0) is 18.1. The lowest BCUT2D eigenvalue weighted by Gasteiger charge is -2.11. The fourth-order valence-electron chi connectivity index (χ4n) is 3.01. The van der Waals surface area contributed by atoms with E-state index in [4.69, 9.17) is 32.9 Å². The highest BCUT2D eigenvalue weighted by Gasteiger charge is 2.15. The number of aromatic nitrogens is 2. The van der Waals surface area contributed by atoms with E-state index in [0.717, 1.165) is 28.2 Å². The summed E-state index contributed by atoms with van der Waals surface area (Å²) in [5.41, 5.74) is 4.03. The first-order valence-corrected chi connectivity index (χ1v) is 8.95. The summed E-state index contributed by atoms with van der Waals surface area (Å²) in [5.74, 6) is 1.64. The minimum atomic E-state index is 0.514. The van der Waals surface area contributed by atoms with Gasteiger partial charge in [-0.05, 0) is 35.9 Å². The second-order valence-electron chi connectivity index (χ2n) is 5.99. The molecule has 0 amide bonds. The first-order chi connectivity index (χ1) is 12.7. The van der Waals surface area contributed by atoms with Crippen LogP contribution in [0, 0.1) is 0 Å². The molecule has 1 aromatic heterocycles. The van der Waals surface area contributed by atoms with Gasteiger partial charge in [0, 0.05) is 18.2 Å². The summed E-state index contributed by atoms with van der Waals surface area (Å²) in [6.45, 7) is 0.695. The van der Waals surface area contributed by atoms with Gasteiger partial charge in [-0.15, -0.1) is 0 Å². The van der Waals surface area contributed by atoms with Gasteiger partial charge in [0.25, 0.3) is 0 Å². The van der Waals surface area contributed by atoms with Crippen LogP contribution in [0.5, 0.6) is 5.75 Å². The quantitative estimate of drug-likeness (QED) is 0.428. The van der Waals surface area contributed by atoms with Gasteiger partial charge in [-0.2, -0.15) is 0 Å². The predicted octanol–water partition coefficient (Wildman–Crippen LogP) is 6.07. The highest BCUT2D eigenvalue weighted by Crippen LogP contribution is 2.32. The summed E-state index contributed by atoms with van der Waals surface area (Å²) in [6.07, 6.45) is 0. The maximum atomic E-state index is 6.23. The van der Waals surface area contributed by atoms with Crippen molar-refractivity contribution < 1.29 is 4.74 Å². The second-order valence-corrected chi connectivity index (χ2v) is 6.81. The molecule has 0 bridgehead atoms. The number of hydrogen-bond acceptors (Lipinski definition) is 2. The van der Waals surface area contributed by atoms with E-state index in [-0.39, 0.29) is 0 Å². The highest BCUT2D eigenvalue weighted by molar-refractivity contribution is 6.42. The monoisotopic (exact) mass is 382 g/mol. The maximum absolute atomic E-state index is 6.23. The van der Waals surface area contributed by atoms with Gasteiger partial charge in [-0.25, -0.2) is 4.98 Å². The molecule has 5 heteroatoms. The summed E-state index contributed by atoms with van der Waals surface area (Å²) in [5, 5.41) is 1.04. The Morgan fingerprint density at radius 1 is 0.923 bits per heavy atom. The van der Waals surface area contributed by atoms with Crippen molar-refractivity contribution in [3.05, 3.63) is 82.3 Å². The third-order valence-corrected chi connectivity index (χ3v) is 5.06. The van der Waals surface area contributed by atoms with Crippen molar-refractivity contribution in [2.75, 3.05) is 7.11 Å². The minimum absolute atomic E-state index is 0.514. The van der Waals surface area contributed by atoms with E-state index in [0.29, 0.717) is 16.6 Å². The van der Waals surface area contributed by atoms with Crippen molar-refractivity contribution in [1.29, 1.82) is 0 Å². The molecular weight excluding hydrogens is 367 g/mol. The smallest absolute Gasteiger partial charge is 0.141 e. The lowest BCUT2D eigenvalue weighted by Crippen LogP contribution is -2.02. The molecule has 0 saturated heterocycles. The fraction of sp³-hybridized carbons (Fsp3) is 0.0952. The number of nitrogens with zero attached hydrogens (tertiary/aromatic N) is 2. The van der Waals surface area contributed by atoms with Crippen LogP contribution in [-0.4, -0.2) is 16.7 Å². The van der Waals surface area contributed by atoms with Crippen LogP contribution in [0.4, 0.5) is 0 Å². The molecule has 0 atom stereocenters. The Kier molecular flexibility index (Phi) is 4.58. The van der Waals surface area contributed by atoms with Crippen molar-refractivity contribution in [1.82, 2.24) is 9.55 Å². The molecular formula is C21H16Cl2N2O. The minimum Gasteiger partial charge on any atom is -0.497 e. The van der Waals surface area contributed by atoms with Crippen molar-refractivity contribution in [3.8, 4) is 17.1 Å². The molecule has 0 saturated carbocycles. The molecule has 3 aromatic carbocycles. The number of rotatable bonds is 4. The van der Waals surface area contributed by atoms with Crippen LogP contribution in [0.15, 0.2) is 66.7 Å². The van der Waals surface area contributed by atoms with Gasteiger partial charge in [0.15, 0.2) is 0 Å². The van der Waals surface area contributed by atoms with E-state index in [1.807, 2.05) is 48.5 Å². The molecule has 130 valence electrons. The van der Waals surface area contributed by atoms with Crippen LogP contribution in [0.2, 0.25) is 10.0 Å². The van der Waals surface area contributed by atoms with Crippen LogP contribution < -0.4 is 4.74 Å². The molecule has 0 aliphatic heterocycles. The number of methoxy groups -OCH3 is 1. The van der Waals surface area contributed by atoms with Crippen molar-refractivity contribution >= 4 is 34.2 Å². The van der Waals surface area contributed by atoms with E-state index in [1.165, 1.54) is 5.56 Å². The van der Waals surface area contributed by atoms with Gasteiger partial charge in [-0.3, -0.25) is 0 Å². The molecule has 0 radical (unpaired) electrons. The van der Waals surface area contributed by atoms with E-state index in [9.17, 15) is 0 Å². The Balaban J connectivity index is 1.93.